The predicted octanol–water partition coefficient (Wildman–Crippen LogP) is 11.1. The molecule has 0 saturated carbocycles. The van der Waals surface area contributed by atoms with E-state index in [2.05, 4.69) is 197 Å². The second-order valence-electron chi connectivity index (χ2n) is 13.7. The Bertz CT molecular complexity index is 2790. The molecule has 242 valence electrons. The fourth-order valence-corrected chi connectivity index (χ4v) is 8.58. The largest absolute Gasteiger partial charge is 0.456 e. The minimum Gasteiger partial charge on any atom is -0.456 e. The number of anilines is 2. The van der Waals surface area contributed by atoms with Crippen LogP contribution in [0.5, 0.6) is 11.5 Å². The van der Waals surface area contributed by atoms with Crippen LogP contribution in [0.25, 0.3) is 60.9 Å². The molecule has 3 nitrogen and oxygen atoms in total. The van der Waals surface area contributed by atoms with Crippen molar-refractivity contribution in [3.05, 3.63) is 188 Å². The van der Waals surface area contributed by atoms with Crippen molar-refractivity contribution in [2.24, 2.45) is 0 Å². The van der Waals surface area contributed by atoms with Gasteiger partial charge in [-0.2, -0.15) is 0 Å². The Labute approximate surface area is 302 Å². The van der Waals surface area contributed by atoms with Gasteiger partial charge in [-0.25, -0.2) is 0 Å². The van der Waals surface area contributed by atoms with Gasteiger partial charge < -0.3 is 14.1 Å². The second-order valence-corrected chi connectivity index (χ2v) is 13.7. The molecule has 0 atom stereocenters. The number of fused-ring (bicyclic) bond motifs is 7. The molecule has 0 radical (unpaired) electrons. The van der Waals surface area contributed by atoms with Gasteiger partial charge in [-0.15, -0.1) is 0 Å². The van der Waals surface area contributed by atoms with Gasteiger partial charge in [-0.3, -0.25) is 0 Å². The summed E-state index contributed by atoms with van der Waals surface area (Å²) >= 11 is 0. The summed E-state index contributed by atoms with van der Waals surface area (Å²) in [5.74, 6) is 1.77. The molecule has 0 fully saturated rings. The van der Waals surface area contributed by atoms with E-state index in [4.69, 9.17) is 4.74 Å². The average molecular weight is 663 g/mol. The van der Waals surface area contributed by atoms with Gasteiger partial charge in [0.25, 0.3) is 0 Å². The molecule has 8 aromatic carbocycles. The summed E-state index contributed by atoms with van der Waals surface area (Å²) in [5.41, 5.74) is 15.1. The maximum atomic E-state index is 7.28. The van der Waals surface area contributed by atoms with Crippen LogP contribution in [0.3, 0.4) is 0 Å². The SMILES string of the molecule is c1ccc(-c2cccc(N3B4c5cccc(-n6c7ccccc7c7ccccc76)c5Oc5cc(-c6ccccc6)cc(c54)-c4ccccc43)c2)cc1. The van der Waals surface area contributed by atoms with Crippen LogP contribution in [0.4, 0.5) is 11.4 Å². The summed E-state index contributed by atoms with van der Waals surface area (Å²) in [6.07, 6.45) is 0. The maximum Gasteiger partial charge on any atom is 0.336 e. The molecule has 4 heteroatoms. The van der Waals surface area contributed by atoms with Crippen LogP contribution in [0.2, 0.25) is 0 Å². The lowest BCUT2D eigenvalue weighted by atomic mass is 9.44. The van der Waals surface area contributed by atoms with Crippen molar-refractivity contribution in [3.63, 3.8) is 0 Å². The van der Waals surface area contributed by atoms with Crippen LogP contribution in [-0.4, -0.2) is 11.4 Å². The first-order valence-electron chi connectivity index (χ1n) is 17.9. The van der Waals surface area contributed by atoms with Gasteiger partial charge in [0.2, 0.25) is 0 Å². The first-order valence-corrected chi connectivity index (χ1v) is 17.9. The Morgan fingerprint density at radius 2 is 1.02 bits per heavy atom. The fraction of sp³-hybridized carbons (Fsp3) is 0. The van der Waals surface area contributed by atoms with E-state index in [0.717, 1.165) is 44.9 Å². The maximum absolute atomic E-state index is 7.28. The number of nitrogens with zero attached hydrogens (tertiary/aromatic N) is 2. The summed E-state index contributed by atoms with van der Waals surface area (Å²) in [7, 11) is 0. The summed E-state index contributed by atoms with van der Waals surface area (Å²) in [6, 6.07) is 67.8. The lowest BCUT2D eigenvalue weighted by molar-refractivity contribution is 0.485. The van der Waals surface area contributed by atoms with E-state index in [9.17, 15) is 0 Å². The Kier molecular flexibility index (Phi) is 6.35. The number of aromatic nitrogens is 1. The molecule has 52 heavy (non-hydrogen) atoms. The van der Waals surface area contributed by atoms with Crippen molar-refractivity contribution in [2.75, 3.05) is 4.81 Å². The number of ether oxygens (including phenoxy) is 1. The number of rotatable bonds is 4. The number of hydrogen-bond donors (Lipinski definition) is 0. The molecule has 9 aromatic rings. The second kappa shape index (κ2) is 11.4. The van der Waals surface area contributed by atoms with Crippen LogP contribution in [0.1, 0.15) is 0 Å². The van der Waals surface area contributed by atoms with Crippen LogP contribution < -0.4 is 20.5 Å². The van der Waals surface area contributed by atoms with Crippen LogP contribution >= 0.6 is 0 Å². The highest BCUT2D eigenvalue weighted by Gasteiger charge is 2.44. The molecule has 0 N–H and O–H groups in total. The third kappa shape index (κ3) is 4.28. The molecule has 0 aliphatic carbocycles. The van der Waals surface area contributed by atoms with E-state index in [-0.39, 0.29) is 6.85 Å². The first-order chi connectivity index (χ1) is 25.8. The van der Waals surface area contributed by atoms with E-state index in [0.29, 0.717) is 0 Å². The summed E-state index contributed by atoms with van der Waals surface area (Å²) in [6.45, 7) is -0.132. The highest BCUT2D eigenvalue weighted by atomic mass is 16.5. The smallest absolute Gasteiger partial charge is 0.336 e. The lowest BCUT2D eigenvalue weighted by Crippen LogP contribution is -2.59. The average Bonchev–Trinajstić information content (AvgIpc) is 3.55. The van der Waals surface area contributed by atoms with Crippen molar-refractivity contribution in [1.29, 1.82) is 0 Å². The van der Waals surface area contributed by atoms with Gasteiger partial charge in [0.15, 0.2) is 0 Å². The third-order valence-corrected chi connectivity index (χ3v) is 10.8. The minimum absolute atomic E-state index is 0.132. The molecule has 2 aliphatic heterocycles. The Morgan fingerprint density at radius 3 is 1.77 bits per heavy atom. The molecule has 3 heterocycles. The third-order valence-electron chi connectivity index (χ3n) is 10.8. The molecule has 11 rings (SSSR count). The highest BCUT2D eigenvalue weighted by molar-refractivity contribution is 6.92. The van der Waals surface area contributed by atoms with Gasteiger partial charge in [-0.05, 0) is 81.8 Å². The van der Waals surface area contributed by atoms with Gasteiger partial charge >= 0.3 is 6.85 Å². The van der Waals surface area contributed by atoms with E-state index in [1.807, 2.05) is 0 Å². The summed E-state index contributed by atoms with van der Waals surface area (Å²) in [4.78, 5) is 2.53. The molecule has 0 amide bonds. The quantitative estimate of drug-likeness (QED) is 0.175. The highest BCUT2D eigenvalue weighted by Crippen LogP contribution is 2.47. The van der Waals surface area contributed by atoms with Gasteiger partial charge in [0, 0.05) is 33.2 Å². The van der Waals surface area contributed by atoms with Crippen LogP contribution in [0, 0.1) is 0 Å². The molecule has 1 aromatic heterocycles. The van der Waals surface area contributed by atoms with Crippen molar-refractivity contribution < 1.29 is 4.74 Å². The molecular weight excluding hydrogens is 631 g/mol. The topological polar surface area (TPSA) is 17.4 Å². The van der Waals surface area contributed by atoms with Gasteiger partial charge in [0.05, 0.1) is 16.7 Å². The Hall–Kier alpha value is -6.78. The van der Waals surface area contributed by atoms with Crippen LogP contribution in [0.15, 0.2) is 188 Å². The zero-order chi connectivity index (χ0) is 34.2. The normalized spacial score (nSPS) is 12.7. The molecule has 0 bridgehead atoms. The predicted molar refractivity (Wildman–Crippen MR) is 217 cm³/mol. The number of benzene rings is 8. The van der Waals surface area contributed by atoms with Crippen molar-refractivity contribution >= 4 is 51.0 Å². The van der Waals surface area contributed by atoms with Crippen LogP contribution in [-0.2, 0) is 0 Å². The molecule has 0 saturated heterocycles. The monoisotopic (exact) mass is 662 g/mol. The van der Waals surface area contributed by atoms with Gasteiger partial charge in [0.1, 0.15) is 11.5 Å². The van der Waals surface area contributed by atoms with Crippen molar-refractivity contribution in [2.45, 2.75) is 0 Å². The minimum atomic E-state index is -0.132. The fourth-order valence-electron chi connectivity index (χ4n) is 8.58. The Balaban J connectivity index is 1.21. The van der Waals surface area contributed by atoms with E-state index in [1.165, 1.54) is 49.7 Å². The molecule has 2 aliphatic rings. The molecule has 0 unspecified atom stereocenters. The molecular formula is C48H31BN2O. The summed E-state index contributed by atoms with van der Waals surface area (Å²) in [5, 5.41) is 2.46. The van der Waals surface area contributed by atoms with Crippen molar-refractivity contribution in [1.82, 2.24) is 4.57 Å². The standard InChI is InChI=1S/C48H31BN2O/c1-3-15-32(16-4-1)34-19-13-20-36(29-34)51-44-27-12-9-23-39(44)40-30-35(33-17-5-2-6-18-33)31-46-47(40)49(51)41-24-14-28-45(48(41)52-46)50-42-25-10-7-21-37(42)38-22-8-11-26-43(38)50/h1-31H. The van der Waals surface area contributed by atoms with Gasteiger partial charge in [-0.1, -0.05) is 140 Å². The Morgan fingerprint density at radius 1 is 0.423 bits per heavy atom. The zero-order valence-corrected chi connectivity index (χ0v) is 28.3. The molecule has 0 spiro atoms. The lowest BCUT2D eigenvalue weighted by Gasteiger charge is -2.42. The zero-order valence-electron chi connectivity index (χ0n) is 28.3. The first kappa shape index (κ1) is 29.0. The van der Waals surface area contributed by atoms with Crippen molar-refractivity contribution in [3.8, 4) is 50.6 Å². The number of hydrogen-bond acceptors (Lipinski definition) is 2. The number of para-hydroxylation sites is 4. The van der Waals surface area contributed by atoms with E-state index < -0.39 is 0 Å². The van der Waals surface area contributed by atoms with E-state index >= 15 is 0 Å². The summed E-state index contributed by atoms with van der Waals surface area (Å²) < 4.78 is 9.67. The van der Waals surface area contributed by atoms with E-state index in [1.54, 1.807) is 0 Å².